The van der Waals surface area contributed by atoms with Gasteiger partial charge in [-0.25, -0.2) is 19.2 Å². The first-order valence-corrected chi connectivity index (χ1v) is 21.6. The van der Waals surface area contributed by atoms with Crippen LogP contribution in [0.2, 0.25) is 0 Å². The number of carbonyl (C=O) groups excluding carboxylic acids is 4. The van der Waals surface area contributed by atoms with Crippen LogP contribution in [-0.2, 0) is 38.1 Å². The number of hydrogen-bond acceptors (Lipinski definition) is 16. The quantitative estimate of drug-likeness (QED) is 0.0787. The lowest BCUT2D eigenvalue weighted by atomic mass is 10.3. The van der Waals surface area contributed by atoms with Gasteiger partial charge in [-0.05, 0) is 19.1 Å². The van der Waals surface area contributed by atoms with Gasteiger partial charge >= 0.3 is 23.9 Å². The molecule has 2 aliphatic rings. The van der Waals surface area contributed by atoms with Crippen LogP contribution in [0.25, 0.3) is 0 Å². The first-order chi connectivity index (χ1) is 23.2. The molecule has 0 radical (unpaired) electrons. The lowest BCUT2D eigenvalue weighted by molar-refractivity contribution is -0.146. The Bertz CT molecular complexity index is 1240. The first-order valence-electron chi connectivity index (χ1n) is 15.1. The number of carbonyl (C=O) groups is 4. The predicted molar refractivity (Wildman–Crippen MR) is 201 cm³/mol. The summed E-state index contributed by atoms with van der Waals surface area (Å²) >= 11 is 11.0. The van der Waals surface area contributed by atoms with Crippen LogP contribution < -0.4 is 9.47 Å². The molecule has 4 unspecified atom stereocenters. The second-order valence-corrected chi connectivity index (χ2v) is 18.1. The van der Waals surface area contributed by atoms with Gasteiger partial charge in [0.15, 0.2) is 4.93 Å². The van der Waals surface area contributed by atoms with Crippen molar-refractivity contribution < 1.29 is 47.6 Å². The molecule has 2 aliphatic heterocycles. The van der Waals surface area contributed by atoms with Gasteiger partial charge in [0, 0.05) is 92.6 Å². The lowest BCUT2D eigenvalue weighted by Gasteiger charge is -2.31. The van der Waals surface area contributed by atoms with Gasteiger partial charge in [-0.3, -0.25) is 0 Å². The van der Waals surface area contributed by atoms with Crippen LogP contribution in [0, 0.1) is 0 Å². The van der Waals surface area contributed by atoms with Gasteiger partial charge in [-0.2, -0.15) is 58.8 Å². The van der Waals surface area contributed by atoms with E-state index in [1.54, 1.807) is 43.0 Å². The van der Waals surface area contributed by atoms with Crippen LogP contribution in [0.5, 0.6) is 11.5 Å². The van der Waals surface area contributed by atoms with Crippen molar-refractivity contribution in [1.82, 2.24) is 0 Å². The Morgan fingerprint density at radius 2 is 1.42 bits per heavy atom. The normalized spacial score (nSPS) is 20.0. The molecule has 16 heteroatoms. The summed E-state index contributed by atoms with van der Waals surface area (Å²) in [5.41, 5.74) is 0. The van der Waals surface area contributed by atoms with Gasteiger partial charge in [0.05, 0.1) is 14.2 Å². The molecule has 0 aliphatic carbocycles. The molecule has 0 saturated carbocycles. The van der Waals surface area contributed by atoms with Gasteiger partial charge in [-0.15, -0.1) is 11.8 Å². The van der Waals surface area contributed by atoms with Gasteiger partial charge in [-0.1, -0.05) is 6.07 Å². The van der Waals surface area contributed by atoms with Crippen molar-refractivity contribution in [2.75, 3.05) is 79.2 Å². The number of esters is 4. The molecule has 3 rings (SSSR count). The first kappa shape index (κ1) is 40.7. The second-order valence-electron chi connectivity index (χ2n) is 10.4. The molecule has 2 fully saturated rings. The summed E-state index contributed by atoms with van der Waals surface area (Å²) < 4.78 is 32.7. The van der Waals surface area contributed by atoms with Gasteiger partial charge < -0.3 is 28.4 Å². The van der Waals surface area contributed by atoms with E-state index in [1.807, 2.05) is 47.0 Å². The number of benzene rings is 1. The van der Waals surface area contributed by atoms with E-state index >= 15 is 0 Å². The van der Waals surface area contributed by atoms with Crippen molar-refractivity contribution in [3.05, 3.63) is 48.6 Å². The summed E-state index contributed by atoms with van der Waals surface area (Å²) in [4.78, 5) is 46.9. The van der Waals surface area contributed by atoms with E-state index in [9.17, 15) is 19.2 Å². The summed E-state index contributed by atoms with van der Waals surface area (Å²) in [6, 6.07) is 7.05. The maximum atomic E-state index is 12.6. The van der Waals surface area contributed by atoms with Crippen LogP contribution in [0.15, 0.2) is 48.6 Å². The predicted octanol–water partition coefficient (Wildman–Crippen LogP) is 5.24. The molecule has 10 nitrogen and oxygen atoms in total. The minimum Gasteiger partial charge on any atom is -0.490 e. The topological polar surface area (TPSA) is 124 Å². The van der Waals surface area contributed by atoms with Crippen LogP contribution in [-0.4, -0.2) is 125 Å². The number of ether oxygens (including phenoxy) is 6. The van der Waals surface area contributed by atoms with Crippen molar-refractivity contribution in [3.8, 4) is 11.5 Å². The molecule has 2 saturated heterocycles. The second kappa shape index (κ2) is 22.9. The Kier molecular flexibility index (Phi) is 19.4. The zero-order chi connectivity index (χ0) is 34.6. The molecule has 1 aromatic rings. The number of hydrogen-bond donors (Lipinski definition) is 0. The third kappa shape index (κ3) is 16.8. The van der Waals surface area contributed by atoms with Crippen LogP contribution in [0.3, 0.4) is 0 Å². The van der Waals surface area contributed by atoms with Crippen molar-refractivity contribution in [3.63, 3.8) is 0 Å². The van der Waals surface area contributed by atoms with Crippen LogP contribution in [0.1, 0.15) is 6.92 Å². The average Bonchev–Trinajstić information content (AvgIpc) is 3.11. The molecule has 0 bridgehead atoms. The summed E-state index contributed by atoms with van der Waals surface area (Å²) in [6.45, 7) is 1.93. The highest BCUT2D eigenvalue weighted by molar-refractivity contribution is 8.08. The summed E-state index contributed by atoms with van der Waals surface area (Å²) in [6.07, 6.45) is 3.57. The molecular weight excluding hydrogens is 737 g/mol. The maximum absolute atomic E-state index is 12.6. The highest BCUT2D eigenvalue weighted by Gasteiger charge is 2.32. The average molecular weight is 779 g/mol. The van der Waals surface area contributed by atoms with E-state index in [2.05, 4.69) is 9.47 Å². The fraction of sp³-hybridized carbons (Fsp3) is 0.562. The van der Waals surface area contributed by atoms with E-state index in [0.717, 1.165) is 64.6 Å². The zero-order valence-electron chi connectivity index (χ0n) is 27.2. The number of methoxy groups -OCH3 is 2. The molecule has 0 N–H and O–H groups in total. The summed E-state index contributed by atoms with van der Waals surface area (Å²) in [5.74, 6) is 7.25. The molecule has 4 atom stereocenters. The minimum atomic E-state index is -1.04. The largest absolute Gasteiger partial charge is 0.490 e. The van der Waals surface area contributed by atoms with E-state index in [1.165, 1.54) is 31.7 Å². The molecule has 266 valence electrons. The third-order valence-corrected chi connectivity index (χ3v) is 15.1. The molecule has 48 heavy (non-hydrogen) atoms. The standard InChI is InChI=1S/C32H42O10S6/c1-32(42-31(36)10-8-29(34)38-3,48-21-27-19-44-12-14-47-27)22-40-24-6-4-5-23(15-24)39-16-25(41-30(35)9-7-28(33)37-2)17-45-20-26-18-43-11-13-46-26/h4-10,15,25-27H,11-14,16-22H2,1-3H3. The Morgan fingerprint density at radius 1 is 0.833 bits per heavy atom. The van der Waals surface area contributed by atoms with E-state index in [4.69, 9.17) is 18.9 Å². The van der Waals surface area contributed by atoms with E-state index in [0.29, 0.717) is 27.8 Å². The van der Waals surface area contributed by atoms with Crippen molar-refractivity contribution in [2.24, 2.45) is 0 Å². The lowest BCUT2D eigenvalue weighted by Crippen LogP contribution is -2.36. The van der Waals surface area contributed by atoms with Crippen molar-refractivity contribution in [1.29, 1.82) is 0 Å². The highest BCUT2D eigenvalue weighted by atomic mass is 32.2. The summed E-state index contributed by atoms with van der Waals surface area (Å²) in [5, 5.41) is 0.969. The van der Waals surface area contributed by atoms with E-state index in [-0.39, 0.29) is 13.2 Å². The molecule has 0 amide bonds. The molecule has 0 spiro atoms. The van der Waals surface area contributed by atoms with Crippen LogP contribution in [0.4, 0.5) is 0 Å². The highest BCUT2D eigenvalue weighted by Crippen LogP contribution is 2.34. The fourth-order valence-electron chi connectivity index (χ4n) is 4.00. The minimum absolute atomic E-state index is 0.0460. The van der Waals surface area contributed by atoms with Crippen molar-refractivity contribution >= 4 is 94.4 Å². The molecule has 2 heterocycles. The summed E-state index contributed by atoms with van der Waals surface area (Å²) in [7, 11) is 2.47. The van der Waals surface area contributed by atoms with E-state index < -0.39 is 34.9 Å². The number of thioether (sulfide) groups is 6. The zero-order valence-corrected chi connectivity index (χ0v) is 32.1. The fourth-order valence-corrected chi connectivity index (χ4v) is 12.3. The van der Waals surface area contributed by atoms with Gasteiger partial charge in [0.1, 0.15) is 30.8 Å². The van der Waals surface area contributed by atoms with Crippen molar-refractivity contribution in [2.45, 2.75) is 28.5 Å². The SMILES string of the molecule is COC(=O)C=CC(=O)OC(COc1cccc(OCC(C)(OC(=O)C=CC(=O)OC)SCC2CSCCS2)c1)CSCC1CSCCS1. The Morgan fingerprint density at radius 3 is 2.02 bits per heavy atom. The Hall–Kier alpha value is -1.72. The smallest absolute Gasteiger partial charge is 0.332 e. The maximum Gasteiger partial charge on any atom is 0.332 e. The Labute approximate surface area is 308 Å². The van der Waals surface area contributed by atoms with Crippen LogP contribution >= 0.6 is 70.6 Å². The van der Waals surface area contributed by atoms with Gasteiger partial charge in [0.25, 0.3) is 0 Å². The molecule has 0 aromatic heterocycles. The monoisotopic (exact) mass is 778 g/mol. The third-order valence-electron chi connectivity index (χ3n) is 6.41. The number of rotatable bonds is 19. The van der Waals surface area contributed by atoms with Gasteiger partial charge in [0.2, 0.25) is 0 Å². The molecular formula is C32H42O10S6. The molecule has 1 aromatic carbocycles. The Balaban J connectivity index is 1.61.